The van der Waals surface area contributed by atoms with E-state index in [-0.39, 0.29) is 5.56 Å². The molecular formula is C17H15Cl2NO4. The molecule has 2 rings (SSSR count). The van der Waals surface area contributed by atoms with Gasteiger partial charge in [0.15, 0.2) is 6.10 Å². The number of carbonyl (C=O) groups excluding carboxylic acids is 2. The first-order chi connectivity index (χ1) is 11.4. The van der Waals surface area contributed by atoms with Gasteiger partial charge >= 0.3 is 5.97 Å². The predicted molar refractivity (Wildman–Crippen MR) is 93.0 cm³/mol. The topological polar surface area (TPSA) is 64.6 Å². The molecule has 0 heterocycles. The average Bonchev–Trinajstić information content (AvgIpc) is 2.56. The van der Waals surface area contributed by atoms with E-state index in [1.54, 1.807) is 31.2 Å². The van der Waals surface area contributed by atoms with Crippen LogP contribution in [0.1, 0.15) is 17.3 Å². The number of amides is 1. The van der Waals surface area contributed by atoms with Crippen molar-refractivity contribution in [1.82, 2.24) is 0 Å². The third-order valence-corrected chi connectivity index (χ3v) is 3.69. The van der Waals surface area contributed by atoms with Gasteiger partial charge in [0.1, 0.15) is 5.75 Å². The molecule has 0 saturated heterocycles. The molecule has 0 spiro atoms. The molecule has 5 nitrogen and oxygen atoms in total. The van der Waals surface area contributed by atoms with E-state index in [4.69, 9.17) is 27.9 Å². The molecule has 2 aromatic rings. The van der Waals surface area contributed by atoms with Crippen molar-refractivity contribution in [2.24, 2.45) is 0 Å². The van der Waals surface area contributed by atoms with Gasteiger partial charge in [-0.05, 0) is 43.3 Å². The number of hydrogen-bond donors (Lipinski definition) is 1. The average molecular weight is 368 g/mol. The molecule has 24 heavy (non-hydrogen) atoms. The van der Waals surface area contributed by atoms with Crippen LogP contribution in [-0.4, -0.2) is 25.1 Å². The van der Waals surface area contributed by atoms with Crippen LogP contribution in [-0.2, 0) is 9.53 Å². The molecule has 1 amide bonds. The monoisotopic (exact) mass is 367 g/mol. The van der Waals surface area contributed by atoms with Gasteiger partial charge in [-0.25, -0.2) is 4.79 Å². The Bertz CT molecular complexity index is 764. The molecular weight excluding hydrogens is 353 g/mol. The maximum Gasteiger partial charge on any atom is 0.337 e. The number of anilines is 1. The third-order valence-electron chi connectivity index (χ3n) is 3.12. The highest BCUT2D eigenvalue weighted by Gasteiger charge is 2.17. The summed E-state index contributed by atoms with van der Waals surface area (Å²) >= 11 is 11.9. The Morgan fingerprint density at radius 3 is 2.54 bits per heavy atom. The number of benzene rings is 2. The molecule has 0 fully saturated rings. The Hall–Kier alpha value is -2.24. The van der Waals surface area contributed by atoms with E-state index >= 15 is 0 Å². The van der Waals surface area contributed by atoms with Crippen LogP contribution in [0.4, 0.5) is 5.69 Å². The van der Waals surface area contributed by atoms with Crippen molar-refractivity contribution >= 4 is 40.8 Å². The van der Waals surface area contributed by atoms with Gasteiger partial charge in [0.05, 0.1) is 23.4 Å². The summed E-state index contributed by atoms with van der Waals surface area (Å²) in [4.78, 5) is 23.8. The number of esters is 1. The zero-order chi connectivity index (χ0) is 17.7. The first kappa shape index (κ1) is 18.1. The van der Waals surface area contributed by atoms with Crippen molar-refractivity contribution in [2.75, 3.05) is 12.4 Å². The second-order valence-corrected chi connectivity index (χ2v) is 5.74. The lowest BCUT2D eigenvalue weighted by Crippen LogP contribution is -2.30. The molecule has 0 radical (unpaired) electrons. The van der Waals surface area contributed by atoms with E-state index in [1.807, 2.05) is 0 Å². The molecule has 1 N–H and O–H groups in total. The molecule has 0 aliphatic heterocycles. The van der Waals surface area contributed by atoms with Gasteiger partial charge in [-0.3, -0.25) is 4.79 Å². The number of ether oxygens (including phenoxy) is 2. The van der Waals surface area contributed by atoms with E-state index in [1.165, 1.54) is 25.3 Å². The van der Waals surface area contributed by atoms with Crippen LogP contribution in [0.5, 0.6) is 5.75 Å². The summed E-state index contributed by atoms with van der Waals surface area (Å²) in [7, 11) is 1.27. The van der Waals surface area contributed by atoms with E-state index in [0.717, 1.165) is 0 Å². The van der Waals surface area contributed by atoms with Crippen LogP contribution in [0.3, 0.4) is 0 Å². The smallest absolute Gasteiger partial charge is 0.337 e. The van der Waals surface area contributed by atoms with Gasteiger partial charge in [0.2, 0.25) is 0 Å². The summed E-state index contributed by atoms with van der Waals surface area (Å²) in [5.41, 5.74) is 0.576. The number of hydrogen-bond acceptors (Lipinski definition) is 4. The lowest BCUT2D eigenvalue weighted by Gasteiger charge is -2.16. The lowest BCUT2D eigenvalue weighted by molar-refractivity contribution is -0.122. The van der Waals surface area contributed by atoms with Gasteiger partial charge in [-0.15, -0.1) is 0 Å². The third kappa shape index (κ3) is 4.63. The molecule has 7 heteroatoms. The number of rotatable bonds is 5. The fourth-order valence-corrected chi connectivity index (χ4v) is 2.24. The Morgan fingerprint density at radius 2 is 1.88 bits per heavy atom. The molecule has 2 aromatic carbocycles. The van der Waals surface area contributed by atoms with E-state index in [9.17, 15) is 9.59 Å². The SMILES string of the molecule is COC(=O)c1ccc(Cl)c(NC(=O)[C@H](C)Oc2cccc(Cl)c2)c1. The summed E-state index contributed by atoms with van der Waals surface area (Å²) in [6, 6.07) is 11.2. The van der Waals surface area contributed by atoms with Crippen molar-refractivity contribution in [3.63, 3.8) is 0 Å². The summed E-state index contributed by atoms with van der Waals surface area (Å²) in [6.45, 7) is 1.59. The molecule has 0 aliphatic carbocycles. The second kappa shape index (κ2) is 8.04. The van der Waals surface area contributed by atoms with E-state index in [0.29, 0.717) is 21.5 Å². The van der Waals surface area contributed by atoms with Crippen molar-refractivity contribution in [2.45, 2.75) is 13.0 Å². The summed E-state index contributed by atoms with van der Waals surface area (Å²) in [5.74, 6) is -0.469. The maximum absolute atomic E-state index is 12.3. The summed E-state index contributed by atoms with van der Waals surface area (Å²) < 4.78 is 10.2. The van der Waals surface area contributed by atoms with Gasteiger partial charge in [0, 0.05) is 5.02 Å². The Morgan fingerprint density at radius 1 is 1.12 bits per heavy atom. The molecule has 0 unspecified atom stereocenters. The standard InChI is InChI=1S/C17H15Cl2NO4/c1-10(24-13-5-3-4-12(18)9-13)16(21)20-15-8-11(17(22)23-2)6-7-14(15)19/h3-10H,1-2H3,(H,20,21)/t10-/m0/s1. The fraction of sp³-hybridized carbons (Fsp3) is 0.176. The quantitative estimate of drug-likeness (QED) is 0.804. The van der Waals surface area contributed by atoms with Gasteiger partial charge < -0.3 is 14.8 Å². The van der Waals surface area contributed by atoms with Gasteiger partial charge in [-0.2, -0.15) is 0 Å². The van der Waals surface area contributed by atoms with Crippen LogP contribution in [0.15, 0.2) is 42.5 Å². The highest BCUT2D eigenvalue weighted by molar-refractivity contribution is 6.34. The number of carbonyl (C=O) groups is 2. The van der Waals surface area contributed by atoms with Crippen LogP contribution < -0.4 is 10.1 Å². The number of nitrogens with one attached hydrogen (secondary N) is 1. The number of halogens is 2. The molecule has 0 bridgehead atoms. The highest BCUT2D eigenvalue weighted by Crippen LogP contribution is 2.24. The summed E-state index contributed by atoms with van der Waals surface area (Å²) in [6.07, 6.45) is -0.790. The van der Waals surface area contributed by atoms with E-state index < -0.39 is 18.0 Å². The van der Waals surface area contributed by atoms with Crippen molar-refractivity contribution in [3.05, 3.63) is 58.1 Å². The van der Waals surface area contributed by atoms with Crippen LogP contribution in [0, 0.1) is 0 Å². The minimum absolute atomic E-state index is 0.278. The normalized spacial score (nSPS) is 11.5. The van der Waals surface area contributed by atoms with Crippen LogP contribution in [0.2, 0.25) is 10.0 Å². The van der Waals surface area contributed by atoms with Crippen LogP contribution >= 0.6 is 23.2 Å². The highest BCUT2D eigenvalue weighted by atomic mass is 35.5. The molecule has 1 atom stereocenters. The number of methoxy groups -OCH3 is 1. The Labute approximate surface area is 149 Å². The Kier molecular flexibility index (Phi) is 6.06. The van der Waals surface area contributed by atoms with Crippen molar-refractivity contribution < 1.29 is 19.1 Å². The van der Waals surface area contributed by atoms with Gasteiger partial charge in [-0.1, -0.05) is 29.3 Å². The minimum atomic E-state index is -0.790. The molecule has 126 valence electrons. The summed E-state index contributed by atoms with van der Waals surface area (Å²) in [5, 5.41) is 3.43. The first-order valence-corrected chi connectivity index (χ1v) is 7.77. The molecule has 0 saturated carbocycles. The maximum atomic E-state index is 12.3. The van der Waals surface area contributed by atoms with Crippen molar-refractivity contribution in [1.29, 1.82) is 0 Å². The fourth-order valence-electron chi connectivity index (χ4n) is 1.90. The Balaban J connectivity index is 2.09. The van der Waals surface area contributed by atoms with Gasteiger partial charge in [0.25, 0.3) is 5.91 Å². The zero-order valence-corrected chi connectivity index (χ0v) is 14.5. The zero-order valence-electron chi connectivity index (χ0n) is 13.0. The predicted octanol–water partition coefficient (Wildman–Crippen LogP) is 4.19. The van der Waals surface area contributed by atoms with Crippen LogP contribution in [0.25, 0.3) is 0 Å². The van der Waals surface area contributed by atoms with E-state index in [2.05, 4.69) is 10.1 Å². The lowest BCUT2D eigenvalue weighted by atomic mass is 10.2. The largest absolute Gasteiger partial charge is 0.481 e. The van der Waals surface area contributed by atoms with Crippen molar-refractivity contribution in [3.8, 4) is 5.75 Å². The molecule has 0 aromatic heterocycles. The second-order valence-electron chi connectivity index (χ2n) is 4.89. The first-order valence-electron chi connectivity index (χ1n) is 7.01. The molecule has 0 aliphatic rings. The minimum Gasteiger partial charge on any atom is -0.481 e.